The number of aliphatic hydroxyl groups excluding tert-OH is 1. The molecule has 1 aliphatic heterocycles. The van der Waals surface area contributed by atoms with E-state index < -0.39 is 0 Å². The number of carbonyl (C=O) groups excluding carboxylic acids is 1. The van der Waals surface area contributed by atoms with Gasteiger partial charge in [0.2, 0.25) is 0 Å². The van der Waals surface area contributed by atoms with Gasteiger partial charge >= 0.3 is 0 Å². The summed E-state index contributed by atoms with van der Waals surface area (Å²) < 4.78 is 0. The summed E-state index contributed by atoms with van der Waals surface area (Å²) in [6.07, 6.45) is 5.48. The van der Waals surface area contributed by atoms with E-state index in [9.17, 15) is 9.90 Å². The molecular weight excluding hydrogens is 296 g/mol. The van der Waals surface area contributed by atoms with Crippen molar-refractivity contribution in [1.29, 1.82) is 0 Å². The van der Waals surface area contributed by atoms with Crippen molar-refractivity contribution in [3.8, 4) is 0 Å². The van der Waals surface area contributed by atoms with Gasteiger partial charge in [-0.15, -0.1) is 11.3 Å². The predicted molar refractivity (Wildman–Crippen MR) is 87.4 cm³/mol. The summed E-state index contributed by atoms with van der Waals surface area (Å²) in [6.45, 7) is 3.39. The molecule has 1 amide bonds. The van der Waals surface area contributed by atoms with Gasteiger partial charge in [0, 0.05) is 32.2 Å². The third kappa shape index (κ3) is 2.70. The molecule has 2 heterocycles. The molecule has 2 saturated carbocycles. The summed E-state index contributed by atoms with van der Waals surface area (Å²) in [4.78, 5) is 18.1. The molecule has 5 heteroatoms. The molecule has 1 N–H and O–H groups in total. The fraction of sp³-hybridized carbons (Fsp3) is 0.706. The van der Waals surface area contributed by atoms with Crippen LogP contribution >= 0.6 is 11.3 Å². The number of nitrogens with zero attached hydrogens (tertiary/aromatic N) is 2. The smallest absolute Gasteiger partial charge is 0.264 e. The van der Waals surface area contributed by atoms with Gasteiger partial charge in [-0.2, -0.15) is 0 Å². The van der Waals surface area contributed by atoms with E-state index in [4.69, 9.17) is 0 Å². The fourth-order valence-electron chi connectivity index (χ4n) is 3.96. The van der Waals surface area contributed by atoms with Crippen LogP contribution in [0, 0.1) is 0 Å². The average molecular weight is 320 g/mol. The fourth-order valence-corrected chi connectivity index (χ4v) is 4.91. The summed E-state index contributed by atoms with van der Waals surface area (Å²) in [5, 5.41) is 12.1. The van der Waals surface area contributed by atoms with Crippen LogP contribution in [0.3, 0.4) is 0 Å². The van der Waals surface area contributed by atoms with Gasteiger partial charge in [-0.25, -0.2) is 0 Å². The van der Waals surface area contributed by atoms with Crippen LogP contribution in [0.25, 0.3) is 0 Å². The maximum absolute atomic E-state index is 12.8. The van der Waals surface area contributed by atoms with E-state index in [0.717, 1.165) is 50.3 Å². The molecule has 0 spiro atoms. The lowest BCUT2D eigenvalue weighted by atomic mass is 10.1. The lowest BCUT2D eigenvalue weighted by molar-refractivity contribution is 0.0317. The summed E-state index contributed by atoms with van der Waals surface area (Å²) in [5.41, 5.74) is 1.28. The molecule has 2 aliphatic carbocycles. The van der Waals surface area contributed by atoms with Crippen molar-refractivity contribution in [2.75, 3.05) is 26.2 Å². The van der Waals surface area contributed by atoms with Gasteiger partial charge in [-0.3, -0.25) is 9.69 Å². The number of amides is 1. The molecule has 0 radical (unpaired) electrons. The van der Waals surface area contributed by atoms with Crippen LogP contribution in [0.5, 0.6) is 0 Å². The normalized spacial score (nSPS) is 30.0. The second-order valence-corrected chi connectivity index (χ2v) is 7.79. The Morgan fingerprint density at radius 1 is 1.14 bits per heavy atom. The van der Waals surface area contributed by atoms with Gasteiger partial charge in [0.15, 0.2) is 0 Å². The molecule has 0 unspecified atom stereocenters. The molecule has 0 bridgehead atoms. The Labute approximate surface area is 135 Å². The number of carbonyl (C=O) groups is 1. The largest absolute Gasteiger partial charge is 0.391 e. The van der Waals surface area contributed by atoms with Crippen LogP contribution < -0.4 is 0 Å². The summed E-state index contributed by atoms with van der Waals surface area (Å²) in [5.74, 6) is 0.864. The highest BCUT2D eigenvalue weighted by Crippen LogP contribution is 2.43. The number of piperazine rings is 1. The third-order valence-corrected chi connectivity index (χ3v) is 6.34. The first-order chi connectivity index (χ1) is 10.7. The lowest BCUT2D eigenvalue weighted by Crippen LogP contribution is -2.53. The molecule has 4 nitrogen and oxygen atoms in total. The topological polar surface area (TPSA) is 43.8 Å². The summed E-state index contributed by atoms with van der Waals surface area (Å²) in [6, 6.07) is 2.46. The maximum Gasteiger partial charge on any atom is 0.264 e. The molecule has 0 aromatic carbocycles. The van der Waals surface area contributed by atoms with Crippen LogP contribution in [-0.4, -0.2) is 59.1 Å². The molecule has 22 heavy (non-hydrogen) atoms. The Bertz CT molecular complexity index is 547. The number of hydrogen-bond acceptors (Lipinski definition) is 4. The van der Waals surface area contributed by atoms with Gasteiger partial charge in [0.25, 0.3) is 5.91 Å². The van der Waals surface area contributed by atoms with E-state index in [1.54, 1.807) is 11.3 Å². The van der Waals surface area contributed by atoms with Crippen molar-refractivity contribution in [1.82, 2.24) is 9.80 Å². The van der Waals surface area contributed by atoms with Gasteiger partial charge in [0.05, 0.1) is 11.0 Å². The summed E-state index contributed by atoms with van der Waals surface area (Å²) in [7, 11) is 0. The van der Waals surface area contributed by atoms with E-state index in [1.807, 2.05) is 4.90 Å². The van der Waals surface area contributed by atoms with Crippen LogP contribution in [0.15, 0.2) is 11.4 Å². The standard InChI is InChI=1S/C17H24N2O2S/c20-15-3-1-2-14(15)18-7-9-19(10-8-18)17(21)16-13(6-11-22-16)12-4-5-12/h6,11-12,14-15,20H,1-5,7-10H2/t14-,15-/m0/s1. The Morgan fingerprint density at radius 3 is 2.55 bits per heavy atom. The van der Waals surface area contributed by atoms with Crippen molar-refractivity contribution >= 4 is 17.2 Å². The molecule has 1 saturated heterocycles. The van der Waals surface area contributed by atoms with Crippen molar-refractivity contribution < 1.29 is 9.90 Å². The van der Waals surface area contributed by atoms with E-state index in [2.05, 4.69) is 16.3 Å². The molecule has 120 valence electrons. The zero-order chi connectivity index (χ0) is 15.1. The number of aliphatic hydroxyl groups is 1. The third-order valence-electron chi connectivity index (χ3n) is 5.42. The molecule has 1 aromatic rings. The first-order valence-electron chi connectivity index (χ1n) is 8.53. The Kier molecular flexibility index (Phi) is 3.96. The minimum atomic E-state index is -0.166. The number of rotatable bonds is 3. The second-order valence-electron chi connectivity index (χ2n) is 6.87. The lowest BCUT2D eigenvalue weighted by Gasteiger charge is -2.39. The molecule has 4 rings (SSSR count). The SMILES string of the molecule is O=C(c1sccc1C1CC1)N1CCN([C@H]2CCC[C@@H]2O)CC1. The van der Waals surface area contributed by atoms with Crippen LogP contribution in [-0.2, 0) is 0 Å². The summed E-state index contributed by atoms with van der Waals surface area (Å²) >= 11 is 1.60. The first kappa shape index (κ1) is 14.7. The first-order valence-corrected chi connectivity index (χ1v) is 9.41. The van der Waals surface area contributed by atoms with Crippen LogP contribution in [0.1, 0.15) is 53.3 Å². The van der Waals surface area contributed by atoms with Crippen LogP contribution in [0.2, 0.25) is 0 Å². The second kappa shape index (κ2) is 5.95. The average Bonchev–Trinajstić information content (AvgIpc) is 3.11. The molecule has 2 atom stereocenters. The van der Waals surface area contributed by atoms with E-state index >= 15 is 0 Å². The minimum Gasteiger partial charge on any atom is -0.391 e. The molecular formula is C17H24N2O2S. The zero-order valence-electron chi connectivity index (χ0n) is 12.9. The molecule has 3 aliphatic rings. The molecule has 3 fully saturated rings. The van der Waals surface area contributed by atoms with Crippen molar-refractivity contribution in [3.63, 3.8) is 0 Å². The number of thiophene rings is 1. The Hall–Kier alpha value is -0.910. The quantitative estimate of drug-likeness (QED) is 0.929. The van der Waals surface area contributed by atoms with Crippen molar-refractivity contribution in [2.24, 2.45) is 0 Å². The van der Waals surface area contributed by atoms with E-state index in [1.165, 1.54) is 18.4 Å². The number of hydrogen-bond donors (Lipinski definition) is 1. The van der Waals surface area contributed by atoms with Crippen LogP contribution in [0.4, 0.5) is 0 Å². The monoisotopic (exact) mass is 320 g/mol. The van der Waals surface area contributed by atoms with Gasteiger partial charge in [-0.05, 0) is 55.0 Å². The Morgan fingerprint density at radius 2 is 1.91 bits per heavy atom. The van der Waals surface area contributed by atoms with Gasteiger partial charge in [0.1, 0.15) is 0 Å². The highest BCUT2D eigenvalue weighted by atomic mass is 32.1. The van der Waals surface area contributed by atoms with Gasteiger partial charge < -0.3 is 10.0 Å². The predicted octanol–water partition coefficient (Wildman–Crippen LogP) is 2.30. The maximum atomic E-state index is 12.8. The van der Waals surface area contributed by atoms with E-state index in [-0.39, 0.29) is 12.0 Å². The van der Waals surface area contributed by atoms with Crippen molar-refractivity contribution in [2.45, 2.75) is 50.2 Å². The van der Waals surface area contributed by atoms with Crippen molar-refractivity contribution in [3.05, 3.63) is 21.9 Å². The van der Waals surface area contributed by atoms with E-state index in [0.29, 0.717) is 12.0 Å². The minimum absolute atomic E-state index is 0.166. The zero-order valence-corrected chi connectivity index (χ0v) is 13.7. The molecule has 1 aromatic heterocycles. The Balaban J connectivity index is 1.38. The highest BCUT2D eigenvalue weighted by Gasteiger charge is 2.35. The van der Waals surface area contributed by atoms with Gasteiger partial charge in [-0.1, -0.05) is 0 Å². The highest BCUT2D eigenvalue weighted by molar-refractivity contribution is 7.12.